The van der Waals surface area contributed by atoms with Gasteiger partial charge in [-0.2, -0.15) is 0 Å². The highest BCUT2D eigenvalue weighted by Crippen LogP contribution is 2.46. The van der Waals surface area contributed by atoms with E-state index < -0.39 is 85.8 Å². The van der Waals surface area contributed by atoms with Gasteiger partial charge >= 0.3 is 12.2 Å². The fourth-order valence-electron chi connectivity index (χ4n) is 7.84. The number of sulfonamides is 1. The zero-order chi connectivity index (χ0) is 45.2. The van der Waals surface area contributed by atoms with Gasteiger partial charge in [-0.3, -0.25) is 19.1 Å². The summed E-state index contributed by atoms with van der Waals surface area (Å²) in [5, 5.41) is 7.58. The van der Waals surface area contributed by atoms with Crippen molar-refractivity contribution >= 4 is 46.0 Å². The number of alkyl carbamates (subject to hydrolysis) is 2. The highest BCUT2D eigenvalue weighted by Gasteiger charge is 2.62. The highest BCUT2D eigenvalue weighted by molar-refractivity contribution is 7.91. The van der Waals surface area contributed by atoms with E-state index in [0.717, 1.165) is 18.4 Å². The van der Waals surface area contributed by atoms with Crippen LogP contribution in [0.1, 0.15) is 103 Å². The van der Waals surface area contributed by atoms with Gasteiger partial charge in [-0.25, -0.2) is 27.8 Å². The molecule has 1 unspecified atom stereocenters. The summed E-state index contributed by atoms with van der Waals surface area (Å²) in [5.41, 5.74) is -0.887. The smallest absolute Gasteiger partial charge is 0.408 e. The van der Waals surface area contributed by atoms with E-state index in [1.54, 1.807) is 47.6 Å². The quantitative estimate of drug-likeness (QED) is 0.123. The van der Waals surface area contributed by atoms with Crippen molar-refractivity contribution < 1.29 is 46.7 Å². The summed E-state index contributed by atoms with van der Waals surface area (Å²) in [6.07, 6.45) is 3.31. The summed E-state index contributed by atoms with van der Waals surface area (Å²) in [4.78, 5) is 82.4. The number of isocyanates is 1. The van der Waals surface area contributed by atoms with Crippen LogP contribution in [0.2, 0.25) is 0 Å². The summed E-state index contributed by atoms with van der Waals surface area (Å²) in [6, 6.07) is 17.6. The van der Waals surface area contributed by atoms with Gasteiger partial charge in [-0.1, -0.05) is 87.5 Å². The number of nitrogens with one attached hydrogen (secondary N) is 4. The summed E-state index contributed by atoms with van der Waals surface area (Å²) in [6.45, 7) is 13.9. The van der Waals surface area contributed by atoms with E-state index in [9.17, 15) is 37.2 Å². The van der Waals surface area contributed by atoms with Crippen LogP contribution in [0.5, 0.6) is 0 Å². The molecule has 2 aromatic rings. The predicted octanol–water partition coefficient (Wildman–Crippen LogP) is 4.73. The lowest BCUT2D eigenvalue weighted by atomic mass is 9.85. The van der Waals surface area contributed by atoms with Crippen LogP contribution in [-0.4, -0.2) is 103 Å². The van der Waals surface area contributed by atoms with Gasteiger partial charge in [0.1, 0.15) is 29.3 Å². The van der Waals surface area contributed by atoms with E-state index >= 15 is 0 Å². The fraction of sp³-hybridized carbons (Fsp3) is 0.556. The Kier molecular flexibility index (Phi) is 13.4. The van der Waals surface area contributed by atoms with Crippen LogP contribution in [0.4, 0.5) is 9.59 Å². The van der Waals surface area contributed by atoms with Crippen LogP contribution < -0.4 is 20.7 Å². The number of carbonyl (C=O) groups excluding carboxylic acids is 6. The number of aliphatic imine (C=N–C) groups is 1. The van der Waals surface area contributed by atoms with Crippen molar-refractivity contribution in [2.45, 2.75) is 139 Å². The van der Waals surface area contributed by atoms with E-state index in [2.05, 4.69) is 44.4 Å². The molecule has 334 valence electrons. The zero-order valence-electron chi connectivity index (χ0n) is 36.1. The molecule has 0 bridgehead atoms. The van der Waals surface area contributed by atoms with Gasteiger partial charge in [0.2, 0.25) is 27.9 Å². The van der Waals surface area contributed by atoms with Crippen molar-refractivity contribution in [2.75, 3.05) is 6.54 Å². The van der Waals surface area contributed by atoms with Crippen molar-refractivity contribution in [1.82, 2.24) is 25.6 Å². The first kappa shape index (κ1) is 46.0. The number of carbonyl (C=O) groups is 5. The van der Waals surface area contributed by atoms with E-state index in [0.29, 0.717) is 18.8 Å². The van der Waals surface area contributed by atoms with Crippen molar-refractivity contribution in [2.24, 2.45) is 16.3 Å². The second-order valence-corrected chi connectivity index (χ2v) is 20.9. The molecular weight excluding hydrogens is 817 g/mol. The number of hydrogen-bond acceptors (Lipinski definition) is 11. The number of benzene rings is 2. The summed E-state index contributed by atoms with van der Waals surface area (Å²) >= 11 is 0. The third-order valence-corrected chi connectivity index (χ3v) is 13.5. The van der Waals surface area contributed by atoms with Gasteiger partial charge in [0, 0.05) is 30.2 Å². The fourth-order valence-corrected chi connectivity index (χ4v) is 9.21. The minimum atomic E-state index is -3.91. The SMILES string of the molecule is C=CC1C[C@]1(NC(=O)[C@@H]1C[C@@H](OC(=O)N[C@@H]2C[C@H]2c2ccccc2)CN1C(=O)[C@@H](NC(=O)OC(C)(C)C)C(C)(C)C)C(=O)NS(=O)(=O)C1CC1.O=C=N[C@@H]1C[C@H]1c1ccccc1. The normalized spacial score (nSPS) is 27.6. The molecule has 16 nitrogen and oxygen atoms in total. The molecule has 4 saturated carbocycles. The largest absolute Gasteiger partial charge is 0.444 e. The third kappa shape index (κ3) is 11.5. The van der Waals surface area contributed by atoms with Crippen LogP contribution in [0.25, 0.3) is 0 Å². The average molecular weight is 875 g/mol. The standard InChI is InChI=1S/C35H49N5O9S.C10H9NO/c1-8-21-18-35(21,30(43)39-50(46,47)23-14-15-23)38-28(41)26-16-22(48-31(44)36-25-17-24(25)20-12-10-9-11-13-20)19-40(26)29(42)27(33(2,3)4)37-32(45)49-34(5,6)7;12-7-11-10-6-9(10)8-4-2-1-3-5-8/h8-13,21-27H,1,14-19H2,2-7H3,(H,36,44)(H,37,45)(H,38,41)(H,39,43);1-5,9-10H,6H2/t21?,22-,24+,25-,26+,27-,35-;9-,10+/m10/s1. The molecule has 7 rings (SSSR count). The molecule has 1 aliphatic heterocycles. The molecule has 0 spiro atoms. The lowest BCUT2D eigenvalue weighted by Gasteiger charge is -2.36. The number of nitrogens with zero attached hydrogens (tertiary/aromatic N) is 2. The number of likely N-dealkylation sites (tertiary alicyclic amines) is 1. The molecule has 1 heterocycles. The Morgan fingerprint density at radius 2 is 1.52 bits per heavy atom. The second-order valence-electron chi connectivity index (χ2n) is 18.9. The molecule has 0 radical (unpaired) electrons. The molecule has 4 aliphatic carbocycles. The molecule has 5 amide bonds. The summed E-state index contributed by atoms with van der Waals surface area (Å²) < 4.78 is 38.5. The second kappa shape index (κ2) is 18.1. The van der Waals surface area contributed by atoms with E-state index in [1.165, 1.54) is 16.5 Å². The van der Waals surface area contributed by atoms with E-state index in [4.69, 9.17) is 9.47 Å². The lowest BCUT2D eigenvalue weighted by Crippen LogP contribution is -2.60. The molecule has 5 fully saturated rings. The summed E-state index contributed by atoms with van der Waals surface area (Å²) in [7, 11) is -3.91. The first-order valence-electron chi connectivity index (χ1n) is 21.1. The van der Waals surface area contributed by atoms with Crippen molar-refractivity contribution in [1.29, 1.82) is 0 Å². The topological polar surface area (TPSA) is 219 Å². The molecule has 5 aliphatic rings. The van der Waals surface area contributed by atoms with Crippen LogP contribution in [0.15, 0.2) is 78.3 Å². The zero-order valence-corrected chi connectivity index (χ0v) is 36.9. The first-order chi connectivity index (χ1) is 29.2. The van der Waals surface area contributed by atoms with Crippen LogP contribution in [0, 0.1) is 11.3 Å². The molecule has 4 N–H and O–H groups in total. The number of hydrogen-bond donors (Lipinski definition) is 4. The van der Waals surface area contributed by atoms with Crippen LogP contribution in [-0.2, 0) is 38.7 Å². The van der Waals surface area contributed by atoms with Gasteiger partial charge in [0.05, 0.1) is 17.8 Å². The van der Waals surface area contributed by atoms with Gasteiger partial charge in [-0.05, 0) is 69.4 Å². The third-order valence-electron chi connectivity index (χ3n) is 11.7. The number of ether oxygens (including phenoxy) is 2. The Morgan fingerprint density at radius 1 is 0.903 bits per heavy atom. The maximum Gasteiger partial charge on any atom is 0.408 e. The molecular formula is C45H58N6O10S. The minimum Gasteiger partial charge on any atom is -0.444 e. The Hall–Kier alpha value is -5.54. The highest BCUT2D eigenvalue weighted by atomic mass is 32.2. The Labute approximate surface area is 363 Å². The molecule has 0 aromatic heterocycles. The van der Waals surface area contributed by atoms with Gasteiger partial charge in [0.15, 0.2) is 0 Å². The maximum absolute atomic E-state index is 14.3. The van der Waals surface area contributed by atoms with Crippen LogP contribution in [0.3, 0.4) is 0 Å². The number of rotatable bonds is 13. The van der Waals surface area contributed by atoms with E-state index in [-0.39, 0.29) is 37.4 Å². The monoisotopic (exact) mass is 874 g/mol. The molecule has 62 heavy (non-hydrogen) atoms. The Balaban J connectivity index is 0.000000456. The van der Waals surface area contributed by atoms with Crippen molar-refractivity contribution in [3.8, 4) is 0 Å². The lowest BCUT2D eigenvalue weighted by molar-refractivity contribution is -0.143. The minimum absolute atomic E-state index is 0.0993. The first-order valence-corrected chi connectivity index (χ1v) is 22.6. The predicted molar refractivity (Wildman–Crippen MR) is 229 cm³/mol. The molecule has 1 saturated heterocycles. The van der Waals surface area contributed by atoms with Crippen molar-refractivity contribution in [3.05, 3.63) is 84.4 Å². The molecule has 17 heteroatoms. The Bertz CT molecular complexity index is 2180. The molecule has 9 atom stereocenters. The van der Waals surface area contributed by atoms with E-state index in [1.807, 2.05) is 48.5 Å². The van der Waals surface area contributed by atoms with Crippen LogP contribution >= 0.6 is 0 Å². The Morgan fingerprint density at radius 3 is 2.05 bits per heavy atom. The maximum atomic E-state index is 14.3. The van der Waals surface area contributed by atoms with Gasteiger partial charge in [0.25, 0.3) is 5.91 Å². The molecule has 2 aromatic carbocycles. The summed E-state index contributed by atoms with van der Waals surface area (Å²) in [5.74, 6) is -2.15. The van der Waals surface area contributed by atoms with Gasteiger partial charge in [-0.15, -0.1) is 6.58 Å². The van der Waals surface area contributed by atoms with Crippen molar-refractivity contribution in [3.63, 3.8) is 0 Å². The average Bonchev–Trinajstić information content (AvgIpc) is 4.00. The van der Waals surface area contributed by atoms with Gasteiger partial charge < -0.3 is 30.3 Å². The number of amides is 5.